The number of allylic oxidation sites excluding steroid dienone is 2. The molecule has 0 aromatic carbocycles. The summed E-state index contributed by atoms with van der Waals surface area (Å²) >= 11 is 0. The normalized spacial score (nSPS) is 14.2. The van der Waals surface area contributed by atoms with E-state index in [-0.39, 0.29) is 0 Å². The van der Waals surface area contributed by atoms with Gasteiger partial charge in [0.15, 0.2) is 0 Å². The summed E-state index contributed by atoms with van der Waals surface area (Å²) in [7, 11) is 0. The second-order valence-electron chi connectivity index (χ2n) is 1.71. The molecule has 0 bridgehead atoms. The molecule has 0 aliphatic heterocycles. The van der Waals surface area contributed by atoms with Crippen LogP contribution in [0.1, 0.15) is 13.3 Å². The van der Waals surface area contributed by atoms with E-state index < -0.39 is 6.10 Å². The van der Waals surface area contributed by atoms with Crippen LogP contribution in [0.2, 0.25) is 0 Å². The molecule has 0 aromatic heterocycles. The molecule has 8 heavy (non-hydrogen) atoms. The van der Waals surface area contributed by atoms with Gasteiger partial charge in [-0.2, -0.15) is 0 Å². The molecule has 1 unspecified atom stereocenters. The van der Waals surface area contributed by atoms with Crippen LogP contribution in [-0.4, -0.2) is 6.10 Å². The fourth-order valence-electron chi connectivity index (χ4n) is 0.366. The van der Waals surface area contributed by atoms with Gasteiger partial charge in [-0.3, -0.25) is 0 Å². The summed E-state index contributed by atoms with van der Waals surface area (Å²) in [6.45, 7) is 5.11. The van der Waals surface area contributed by atoms with Crippen LogP contribution in [0.4, 0.5) is 0 Å². The van der Waals surface area contributed by atoms with Gasteiger partial charge in [0.1, 0.15) is 0 Å². The summed E-state index contributed by atoms with van der Waals surface area (Å²) < 4.78 is 0. The third kappa shape index (κ3) is 5.44. The van der Waals surface area contributed by atoms with Crippen LogP contribution in [0, 0.1) is 0 Å². The minimum Gasteiger partial charge on any atom is -0.233 e. The van der Waals surface area contributed by atoms with E-state index in [4.69, 9.17) is 0 Å². The maximum absolute atomic E-state index is 10.3. The predicted octanol–water partition coefficient (Wildman–Crippen LogP) is 1.94. The first-order valence-corrected chi connectivity index (χ1v) is 2.70. The maximum atomic E-state index is 10.3. The van der Waals surface area contributed by atoms with Crippen molar-refractivity contribution < 1.29 is 5.11 Å². The van der Waals surface area contributed by atoms with Crippen molar-refractivity contribution in [2.24, 2.45) is 0 Å². The van der Waals surface area contributed by atoms with Gasteiger partial charge in [0.2, 0.25) is 0 Å². The first-order valence-electron chi connectivity index (χ1n) is 2.70. The van der Waals surface area contributed by atoms with Crippen LogP contribution in [0.3, 0.4) is 0 Å². The molecule has 0 N–H and O–H groups in total. The lowest BCUT2D eigenvalue weighted by atomic mass is 10.3. The van der Waals surface area contributed by atoms with Gasteiger partial charge < -0.3 is 0 Å². The second kappa shape index (κ2) is 4.60. The molecule has 0 amide bonds. The highest BCUT2D eigenvalue weighted by Crippen LogP contribution is 1.90. The lowest BCUT2D eigenvalue weighted by molar-refractivity contribution is 0.108. The van der Waals surface area contributed by atoms with Crippen LogP contribution < -0.4 is 0 Å². The van der Waals surface area contributed by atoms with Gasteiger partial charge >= 0.3 is 0 Å². The summed E-state index contributed by atoms with van der Waals surface area (Å²) in [6, 6.07) is 0. The largest absolute Gasteiger partial charge is 0.233 e. The molecule has 0 rings (SSSR count). The zero-order chi connectivity index (χ0) is 6.41. The minimum atomic E-state index is -0.480. The van der Waals surface area contributed by atoms with Crippen molar-refractivity contribution in [3.05, 3.63) is 24.8 Å². The molecule has 0 spiro atoms. The van der Waals surface area contributed by atoms with Crippen molar-refractivity contribution in [1.29, 1.82) is 0 Å². The molecule has 1 heteroatoms. The Bertz CT molecular complexity index is 82.4. The number of hydrogen-bond donors (Lipinski definition) is 0. The molecule has 0 aliphatic rings. The second-order valence-corrected chi connectivity index (χ2v) is 1.71. The van der Waals surface area contributed by atoms with Crippen LogP contribution in [0.5, 0.6) is 0 Å². The lowest BCUT2D eigenvalue weighted by Gasteiger charge is -1.90. The smallest absolute Gasteiger partial charge is 0.0936 e. The van der Waals surface area contributed by atoms with E-state index in [1.807, 2.05) is 6.08 Å². The summed E-state index contributed by atoms with van der Waals surface area (Å²) in [6.07, 6.45) is 5.40. The molecule has 1 nitrogen and oxygen atoms in total. The molecule has 45 valence electrons. The zero-order valence-electron chi connectivity index (χ0n) is 5.13. The van der Waals surface area contributed by atoms with E-state index in [1.165, 1.54) is 0 Å². The predicted molar refractivity (Wildman–Crippen MR) is 34.1 cm³/mol. The van der Waals surface area contributed by atoms with Crippen LogP contribution in [0.15, 0.2) is 24.8 Å². The lowest BCUT2D eigenvalue weighted by Crippen LogP contribution is -1.92. The van der Waals surface area contributed by atoms with Crippen LogP contribution in [0.25, 0.3) is 0 Å². The molecule has 0 aliphatic carbocycles. The van der Waals surface area contributed by atoms with Crippen molar-refractivity contribution in [3.63, 3.8) is 0 Å². The molecule has 0 saturated carbocycles. The third-order valence-corrected chi connectivity index (χ3v) is 0.740. The first-order chi connectivity index (χ1) is 3.77. The molecular formula is C7H11O. The Labute approximate surface area is 50.3 Å². The highest BCUT2D eigenvalue weighted by Gasteiger charge is 1.88. The van der Waals surface area contributed by atoms with Gasteiger partial charge in [-0.15, -0.1) is 0 Å². The van der Waals surface area contributed by atoms with Gasteiger partial charge in [-0.1, -0.05) is 24.8 Å². The third-order valence-electron chi connectivity index (χ3n) is 0.740. The maximum Gasteiger partial charge on any atom is 0.0936 e. The minimum absolute atomic E-state index is 0.480. The SMILES string of the molecule is C=C/C=C/CC(C)[O]. The Hall–Kier alpha value is -0.560. The Balaban J connectivity index is 3.15. The van der Waals surface area contributed by atoms with Gasteiger partial charge in [0.25, 0.3) is 0 Å². The van der Waals surface area contributed by atoms with Crippen LogP contribution >= 0.6 is 0 Å². The highest BCUT2D eigenvalue weighted by molar-refractivity contribution is 4.97. The average molecular weight is 111 g/mol. The van der Waals surface area contributed by atoms with Crippen molar-refractivity contribution in [2.75, 3.05) is 0 Å². The van der Waals surface area contributed by atoms with E-state index >= 15 is 0 Å². The van der Waals surface area contributed by atoms with E-state index in [1.54, 1.807) is 19.1 Å². The summed E-state index contributed by atoms with van der Waals surface area (Å²) in [5.74, 6) is 0. The van der Waals surface area contributed by atoms with Gasteiger partial charge in [-0.25, -0.2) is 5.11 Å². The Morgan fingerprint density at radius 2 is 2.38 bits per heavy atom. The monoisotopic (exact) mass is 111 g/mol. The van der Waals surface area contributed by atoms with Crippen molar-refractivity contribution in [1.82, 2.24) is 0 Å². The number of rotatable bonds is 3. The summed E-state index contributed by atoms with van der Waals surface area (Å²) in [5.41, 5.74) is 0. The fourth-order valence-corrected chi connectivity index (χ4v) is 0.366. The van der Waals surface area contributed by atoms with Crippen molar-refractivity contribution in [2.45, 2.75) is 19.4 Å². The van der Waals surface area contributed by atoms with Gasteiger partial charge in [-0.05, 0) is 13.3 Å². The number of hydrogen-bond acceptors (Lipinski definition) is 0. The average Bonchev–Trinajstić information content (AvgIpc) is 1.66. The first kappa shape index (κ1) is 7.44. The summed E-state index contributed by atoms with van der Waals surface area (Å²) in [4.78, 5) is 0. The highest BCUT2D eigenvalue weighted by atomic mass is 16.3. The molecule has 1 radical (unpaired) electrons. The Morgan fingerprint density at radius 1 is 1.75 bits per heavy atom. The molecule has 0 saturated heterocycles. The van der Waals surface area contributed by atoms with Crippen molar-refractivity contribution >= 4 is 0 Å². The molecular weight excluding hydrogens is 100 g/mol. The topological polar surface area (TPSA) is 19.9 Å². The van der Waals surface area contributed by atoms with Gasteiger partial charge in [0.05, 0.1) is 6.10 Å². The summed E-state index contributed by atoms with van der Waals surface area (Å²) in [5, 5.41) is 10.3. The molecule has 1 atom stereocenters. The van der Waals surface area contributed by atoms with Crippen molar-refractivity contribution in [3.8, 4) is 0 Å². The fraction of sp³-hybridized carbons (Fsp3) is 0.429. The van der Waals surface area contributed by atoms with E-state index in [0.717, 1.165) is 0 Å². The quantitative estimate of drug-likeness (QED) is 0.496. The van der Waals surface area contributed by atoms with E-state index in [9.17, 15) is 5.11 Å². The Kier molecular flexibility index (Phi) is 4.27. The molecule has 0 aromatic rings. The molecule has 0 fully saturated rings. The molecule has 0 heterocycles. The van der Waals surface area contributed by atoms with Crippen LogP contribution in [-0.2, 0) is 5.11 Å². The van der Waals surface area contributed by atoms with E-state index in [2.05, 4.69) is 6.58 Å². The zero-order valence-corrected chi connectivity index (χ0v) is 5.13. The standard InChI is InChI=1S/C7H11O/c1-3-4-5-6-7(2)8/h3-5,7H,1,6H2,2H3/b5-4+. The Morgan fingerprint density at radius 3 is 2.75 bits per heavy atom. The van der Waals surface area contributed by atoms with E-state index in [0.29, 0.717) is 6.42 Å². The van der Waals surface area contributed by atoms with Gasteiger partial charge in [0, 0.05) is 0 Å².